The molecule has 1 aromatic carbocycles. The first-order valence-electron chi connectivity index (χ1n) is 7.73. The van der Waals surface area contributed by atoms with Crippen LogP contribution >= 0.6 is 0 Å². The van der Waals surface area contributed by atoms with Crippen LogP contribution in [-0.2, 0) is 11.2 Å². The number of hydrogen-bond donors (Lipinski definition) is 2. The van der Waals surface area contributed by atoms with Crippen molar-refractivity contribution in [2.24, 2.45) is 0 Å². The molecule has 124 valence electrons. The second kappa shape index (κ2) is 8.43. The summed E-state index contributed by atoms with van der Waals surface area (Å²) in [4.78, 5) is 16.0. The van der Waals surface area contributed by atoms with Crippen LogP contribution < -0.4 is 5.32 Å². The number of carbonyl (C=O) groups excluding carboxylic acids is 1. The lowest BCUT2D eigenvalue weighted by molar-refractivity contribution is -0.121. The minimum Gasteiger partial charge on any atom is -0.441 e. The second-order valence-electron chi connectivity index (χ2n) is 5.28. The van der Waals surface area contributed by atoms with Crippen LogP contribution in [0, 0.1) is 5.82 Å². The van der Waals surface area contributed by atoms with E-state index in [2.05, 4.69) is 10.3 Å². The standard InChI is InChI=1S/C17H21FN2O3/c1-2-12(9-10-21)20-16(22)7-8-17-19-11-15(23-17)13-5-3-4-6-14(13)18/h3-6,11-12,21H,2,7-10H2,1H3,(H,20,22). The number of halogens is 1. The molecular weight excluding hydrogens is 299 g/mol. The van der Waals surface area contributed by atoms with Gasteiger partial charge in [-0.05, 0) is 25.0 Å². The maximum atomic E-state index is 13.7. The molecule has 0 aliphatic heterocycles. The molecule has 1 unspecified atom stereocenters. The molecule has 0 spiro atoms. The Hall–Kier alpha value is -2.21. The predicted molar refractivity (Wildman–Crippen MR) is 84.1 cm³/mol. The molecule has 0 bridgehead atoms. The number of amides is 1. The minimum atomic E-state index is -0.372. The lowest BCUT2D eigenvalue weighted by Crippen LogP contribution is -2.35. The third-order valence-corrected chi connectivity index (χ3v) is 3.59. The summed E-state index contributed by atoms with van der Waals surface area (Å²) in [6, 6.07) is 6.28. The van der Waals surface area contributed by atoms with Gasteiger partial charge in [-0.15, -0.1) is 0 Å². The average molecular weight is 320 g/mol. The zero-order chi connectivity index (χ0) is 16.7. The SMILES string of the molecule is CCC(CCO)NC(=O)CCc1ncc(-c2ccccc2F)o1. The van der Waals surface area contributed by atoms with Crippen molar-refractivity contribution in [3.63, 3.8) is 0 Å². The number of hydrogen-bond acceptors (Lipinski definition) is 4. The summed E-state index contributed by atoms with van der Waals surface area (Å²) in [5.74, 6) is 0.262. The molecule has 0 radical (unpaired) electrons. The summed E-state index contributed by atoms with van der Waals surface area (Å²) >= 11 is 0. The quantitative estimate of drug-likeness (QED) is 0.784. The molecular formula is C17H21FN2O3. The number of aromatic nitrogens is 1. The number of aryl methyl sites for hydroxylation is 1. The highest BCUT2D eigenvalue weighted by Crippen LogP contribution is 2.23. The van der Waals surface area contributed by atoms with Crippen molar-refractivity contribution in [3.8, 4) is 11.3 Å². The molecule has 1 heterocycles. The van der Waals surface area contributed by atoms with E-state index in [9.17, 15) is 9.18 Å². The Balaban J connectivity index is 1.90. The fraction of sp³-hybridized carbons (Fsp3) is 0.412. The Morgan fingerprint density at radius 2 is 2.22 bits per heavy atom. The number of carbonyl (C=O) groups is 1. The molecule has 0 saturated heterocycles. The first-order chi connectivity index (χ1) is 11.1. The Bertz CT molecular complexity index is 642. The molecule has 0 aliphatic carbocycles. The van der Waals surface area contributed by atoms with Crippen LogP contribution in [0.2, 0.25) is 0 Å². The van der Waals surface area contributed by atoms with Crippen molar-refractivity contribution in [1.82, 2.24) is 10.3 Å². The summed E-state index contributed by atoms with van der Waals surface area (Å²) in [5, 5.41) is 11.8. The molecule has 1 amide bonds. The average Bonchev–Trinajstić information content (AvgIpc) is 3.01. The molecule has 2 aromatic rings. The largest absolute Gasteiger partial charge is 0.441 e. The smallest absolute Gasteiger partial charge is 0.220 e. The van der Waals surface area contributed by atoms with E-state index in [1.165, 1.54) is 12.3 Å². The Labute approximate surface area is 134 Å². The summed E-state index contributed by atoms with van der Waals surface area (Å²) in [6.45, 7) is 2.00. The molecule has 1 aromatic heterocycles. The Morgan fingerprint density at radius 3 is 2.91 bits per heavy atom. The lowest BCUT2D eigenvalue weighted by atomic mass is 10.1. The summed E-state index contributed by atoms with van der Waals surface area (Å²) in [5.41, 5.74) is 0.352. The molecule has 1 atom stereocenters. The van der Waals surface area contributed by atoms with Crippen molar-refractivity contribution in [1.29, 1.82) is 0 Å². The van der Waals surface area contributed by atoms with E-state index >= 15 is 0 Å². The van der Waals surface area contributed by atoms with Crippen LogP contribution in [0.25, 0.3) is 11.3 Å². The highest BCUT2D eigenvalue weighted by Gasteiger charge is 2.13. The number of rotatable bonds is 8. The maximum absolute atomic E-state index is 13.7. The number of aliphatic hydroxyl groups is 1. The lowest BCUT2D eigenvalue weighted by Gasteiger charge is -2.15. The van der Waals surface area contributed by atoms with Gasteiger partial charge in [0.05, 0.1) is 11.8 Å². The van der Waals surface area contributed by atoms with E-state index in [1.807, 2.05) is 6.92 Å². The zero-order valence-corrected chi connectivity index (χ0v) is 13.1. The third-order valence-electron chi connectivity index (χ3n) is 3.59. The van der Waals surface area contributed by atoms with Gasteiger partial charge in [0, 0.05) is 25.5 Å². The van der Waals surface area contributed by atoms with E-state index in [0.717, 1.165) is 6.42 Å². The number of nitrogens with zero attached hydrogens (tertiary/aromatic N) is 1. The van der Waals surface area contributed by atoms with Gasteiger partial charge in [-0.25, -0.2) is 9.37 Å². The summed E-state index contributed by atoms with van der Waals surface area (Å²) < 4.78 is 19.2. The molecule has 6 heteroatoms. The van der Waals surface area contributed by atoms with Gasteiger partial charge in [-0.3, -0.25) is 4.79 Å². The first-order valence-corrected chi connectivity index (χ1v) is 7.73. The summed E-state index contributed by atoms with van der Waals surface area (Å²) in [6.07, 6.45) is 3.35. The number of oxazole rings is 1. The van der Waals surface area contributed by atoms with E-state index in [0.29, 0.717) is 30.1 Å². The number of aliphatic hydroxyl groups excluding tert-OH is 1. The number of nitrogens with one attached hydrogen (secondary N) is 1. The van der Waals surface area contributed by atoms with E-state index in [1.54, 1.807) is 18.2 Å². The van der Waals surface area contributed by atoms with Crippen molar-refractivity contribution < 1.29 is 18.7 Å². The Kier molecular flexibility index (Phi) is 6.29. The highest BCUT2D eigenvalue weighted by molar-refractivity contribution is 5.76. The van der Waals surface area contributed by atoms with Crippen LogP contribution in [-0.4, -0.2) is 28.6 Å². The van der Waals surface area contributed by atoms with Gasteiger partial charge in [0.15, 0.2) is 11.7 Å². The molecule has 23 heavy (non-hydrogen) atoms. The van der Waals surface area contributed by atoms with Gasteiger partial charge >= 0.3 is 0 Å². The molecule has 5 nitrogen and oxygen atoms in total. The highest BCUT2D eigenvalue weighted by atomic mass is 19.1. The van der Waals surface area contributed by atoms with Gasteiger partial charge in [0.25, 0.3) is 0 Å². The topological polar surface area (TPSA) is 75.4 Å². The zero-order valence-electron chi connectivity index (χ0n) is 13.1. The molecule has 0 fully saturated rings. The van der Waals surface area contributed by atoms with E-state index in [4.69, 9.17) is 9.52 Å². The van der Waals surface area contributed by atoms with Crippen LogP contribution in [0.15, 0.2) is 34.9 Å². The molecule has 2 N–H and O–H groups in total. The van der Waals surface area contributed by atoms with Crippen LogP contribution in [0.4, 0.5) is 4.39 Å². The van der Waals surface area contributed by atoms with Crippen LogP contribution in [0.5, 0.6) is 0 Å². The van der Waals surface area contributed by atoms with E-state index < -0.39 is 0 Å². The summed E-state index contributed by atoms with van der Waals surface area (Å²) in [7, 11) is 0. The molecule has 0 saturated carbocycles. The number of benzene rings is 1. The third kappa shape index (κ3) is 4.89. The monoisotopic (exact) mass is 320 g/mol. The normalized spacial score (nSPS) is 12.1. The van der Waals surface area contributed by atoms with Crippen LogP contribution in [0.1, 0.15) is 32.1 Å². The van der Waals surface area contributed by atoms with Crippen molar-refractivity contribution in [2.45, 2.75) is 38.6 Å². The van der Waals surface area contributed by atoms with Crippen molar-refractivity contribution in [2.75, 3.05) is 6.61 Å². The Morgan fingerprint density at radius 1 is 1.43 bits per heavy atom. The van der Waals surface area contributed by atoms with Crippen LogP contribution in [0.3, 0.4) is 0 Å². The molecule has 2 rings (SSSR count). The van der Waals surface area contributed by atoms with E-state index in [-0.39, 0.29) is 30.8 Å². The van der Waals surface area contributed by atoms with Crippen molar-refractivity contribution in [3.05, 3.63) is 42.2 Å². The first kappa shape index (κ1) is 17.1. The predicted octanol–water partition coefficient (Wildman–Crippen LogP) is 2.69. The van der Waals surface area contributed by atoms with Gasteiger partial charge in [-0.1, -0.05) is 19.1 Å². The minimum absolute atomic E-state index is 0.0222. The van der Waals surface area contributed by atoms with Gasteiger partial charge < -0.3 is 14.8 Å². The van der Waals surface area contributed by atoms with Crippen molar-refractivity contribution >= 4 is 5.91 Å². The van der Waals surface area contributed by atoms with Gasteiger partial charge in [0.1, 0.15) is 5.82 Å². The fourth-order valence-electron chi connectivity index (χ4n) is 2.27. The van der Waals surface area contributed by atoms with Gasteiger partial charge in [0.2, 0.25) is 5.91 Å². The molecule has 0 aliphatic rings. The fourth-order valence-corrected chi connectivity index (χ4v) is 2.27. The second-order valence-corrected chi connectivity index (χ2v) is 5.28. The maximum Gasteiger partial charge on any atom is 0.220 e. The van der Waals surface area contributed by atoms with Gasteiger partial charge in [-0.2, -0.15) is 0 Å².